The summed E-state index contributed by atoms with van der Waals surface area (Å²) in [4.78, 5) is 26.1. The first-order valence-electron chi connectivity index (χ1n) is 13.4. The third-order valence-corrected chi connectivity index (χ3v) is 8.86. The van der Waals surface area contributed by atoms with E-state index in [1.165, 1.54) is 0 Å². The second kappa shape index (κ2) is 11.8. The molecule has 2 unspecified atom stereocenters. The van der Waals surface area contributed by atoms with Crippen molar-refractivity contribution >= 4 is 42.1 Å². The molecule has 14 nitrogen and oxygen atoms in total. The van der Waals surface area contributed by atoms with Gasteiger partial charge in [-0.1, -0.05) is 0 Å². The van der Waals surface area contributed by atoms with E-state index in [-0.39, 0.29) is 31.7 Å². The highest BCUT2D eigenvalue weighted by atomic mass is 35.5. The Morgan fingerprint density at radius 1 is 1.18 bits per heavy atom. The lowest BCUT2D eigenvalue weighted by Crippen LogP contribution is -2.37. The molecule has 0 bridgehead atoms. The minimum absolute atomic E-state index is 0.0457. The maximum absolute atomic E-state index is 13.5. The van der Waals surface area contributed by atoms with Crippen molar-refractivity contribution in [2.75, 3.05) is 31.7 Å². The number of halogens is 1. The summed E-state index contributed by atoms with van der Waals surface area (Å²) < 4.78 is 55.8. The zero-order valence-electron chi connectivity index (χ0n) is 23.1. The molecule has 40 heavy (non-hydrogen) atoms. The third kappa shape index (κ3) is 6.00. The minimum atomic E-state index is -4.02. The molecule has 1 aliphatic carbocycles. The number of anilines is 1. The molecular formula is C24H35ClN5O9P. The Labute approximate surface area is 236 Å². The van der Waals surface area contributed by atoms with Crippen LogP contribution >= 0.6 is 19.2 Å². The van der Waals surface area contributed by atoms with Crippen LogP contribution < -0.4 is 5.32 Å². The van der Waals surface area contributed by atoms with E-state index in [0.29, 0.717) is 23.0 Å². The Hall–Kier alpha value is -1.90. The fourth-order valence-electron chi connectivity index (χ4n) is 4.84. The van der Waals surface area contributed by atoms with Gasteiger partial charge in [0.1, 0.15) is 18.3 Å². The Kier molecular flexibility index (Phi) is 8.70. The fourth-order valence-corrected chi connectivity index (χ4v) is 6.67. The van der Waals surface area contributed by atoms with Crippen LogP contribution in [0.2, 0.25) is 5.28 Å². The molecule has 4 heterocycles. The van der Waals surface area contributed by atoms with Gasteiger partial charge in [-0.25, -0.2) is 9.78 Å². The van der Waals surface area contributed by atoms with Crippen LogP contribution in [0.4, 0.5) is 5.82 Å². The van der Waals surface area contributed by atoms with Crippen LogP contribution in [0.15, 0.2) is 6.33 Å². The Bertz CT molecular complexity index is 1260. The summed E-state index contributed by atoms with van der Waals surface area (Å²) in [6, 6.07) is 0.331. The summed E-state index contributed by atoms with van der Waals surface area (Å²) in [5, 5.41) is 3.40. The number of carbonyl (C=O) groups is 1. The summed E-state index contributed by atoms with van der Waals surface area (Å²) in [5.74, 6) is -2.84. The van der Waals surface area contributed by atoms with Gasteiger partial charge in [0.05, 0.1) is 32.8 Å². The van der Waals surface area contributed by atoms with Crippen LogP contribution in [0.25, 0.3) is 11.2 Å². The molecule has 0 radical (unpaired) electrons. The normalized spacial score (nSPS) is 26.6. The van der Waals surface area contributed by atoms with Gasteiger partial charge in [-0.15, -0.1) is 0 Å². The van der Waals surface area contributed by atoms with Crippen molar-refractivity contribution in [1.29, 1.82) is 0 Å². The number of esters is 1. The van der Waals surface area contributed by atoms with Gasteiger partial charge in [-0.3, -0.25) is 9.13 Å². The summed E-state index contributed by atoms with van der Waals surface area (Å²) in [6.45, 7) is 8.47. The van der Waals surface area contributed by atoms with Crippen molar-refractivity contribution in [2.45, 2.75) is 89.7 Å². The number of ether oxygens (including phenoxy) is 5. The van der Waals surface area contributed by atoms with Gasteiger partial charge in [0.15, 0.2) is 29.0 Å². The standard InChI is InChI=1S/C24H35ClN5O9P/c1-6-33-21(31)22(40(32,35-7-2)36-8-3)34-11-14-16-17(39-24(4,5)38-16)20(37-14)30-12-26-15-18(27-13-9-10-13)28-23(25)29-19(15)30/h12-14,16-17,20,22H,6-11H2,1-5H3,(H,27,28,29)/t14-,16-,17-,20?,22?/m1/s1. The first-order chi connectivity index (χ1) is 19.1. The number of rotatable bonds is 13. The zero-order valence-corrected chi connectivity index (χ0v) is 24.7. The number of hydrogen-bond donors (Lipinski definition) is 1. The topological polar surface area (TPSA) is 154 Å². The second-order valence-corrected chi connectivity index (χ2v) is 12.4. The molecule has 0 amide bonds. The molecule has 5 atom stereocenters. The lowest BCUT2D eigenvalue weighted by atomic mass is 10.1. The van der Waals surface area contributed by atoms with E-state index in [1.807, 2.05) is 0 Å². The molecule has 0 aromatic carbocycles. The lowest BCUT2D eigenvalue weighted by molar-refractivity contribution is -0.203. The van der Waals surface area contributed by atoms with Crippen molar-refractivity contribution < 1.29 is 42.1 Å². The first kappa shape index (κ1) is 29.6. The quantitative estimate of drug-likeness (QED) is 0.201. The molecule has 2 aliphatic heterocycles. The Morgan fingerprint density at radius 2 is 1.88 bits per heavy atom. The van der Waals surface area contributed by atoms with Crippen LogP contribution in [0, 0.1) is 0 Å². The summed E-state index contributed by atoms with van der Waals surface area (Å²) >= 11 is 6.27. The highest BCUT2D eigenvalue weighted by molar-refractivity contribution is 7.55. The van der Waals surface area contributed by atoms with E-state index in [2.05, 4.69) is 20.3 Å². The van der Waals surface area contributed by atoms with Gasteiger partial charge in [0, 0.05) is 6.04 Å². The molecule has 2 saturated heterocycles. The van der Waals surface area contributed by atoms with Crippen LogP contribution in [-0.4, -0.2) is 87.9 Å². The van der Waals surface area contributed by atoms with Crippen molar-refractivity contribution in [2.24, 2.45) is 0 Å². The van der Waals surface area contributed by atoms with E-state index in [0.717, 1.165) is 12.8 Å². The van der Waals surface area contributed by atoms with E-state index in [4.69, 9.17) is 44.3 Å². The van der Waals surface area contributed by atoms with E-state index < -0.39 is 49.7 Å². The number of hydrogen-bond acceptors (Lipinski definition) is 13. The molecule has 2 aromatic heterocycles. The maximum atomic E-state index is 13.5. The predicted octanol–water partition coefficient (Wildman–Crippen LogP) is 3.64. The monoisotopic (exact) mass is 603 g/mol. The summed E-state index contributed by atoms with van der Waals surface area (Å²) in [5.41, 5.74) is 1.01. The van der Waals surface area contributed by atoms with E-state index >= 15 is 0 Å². The van der Waals surface area contributed by atoms with Crippen molar-refractivity contribution in [3.63, 3.8) is 0 Å². The number of nitrogens with one attached hydrogen (secondary N) is 1. The largest absolute Gasteiger partial charge is 0.464 e. The summed E-state index contributed by atoms with van der Waals surface area (Å²) in [7, 11) is -4.02. The molecule has 5 rings (SSSR count). The van der Waals surface area contributed by atoms with Gasteiger partial charge in [0.25, 0.3) is 5.85 Å². The van der Waals surface area contributed by atoms with Gasteiger partial charge >= 0.3 is 13.6 Å². The minimum Gasteiger partial charge on any atom is -0.464 e. The molecule has 3 aliphatic rings. The number of imidazole rings is 1. The second-order valence-electron chi connectivity index (χ2n) is 10.0. The van der Waals surface area contributed by atoms with Crippen LogP contribution in [0.5, 0.6) is 0 Å². The van der Waals surface area contributed by atoms with Gasteiger partial charge < -0.3 is 38.0 Å². The van der Waals surface area contributed by atoms with Crippen LogP contribution in [0.3, 0.4) is 0 Å². The lowest BCUT2D eigenvalue weighted by Gasteiger charge is -2.27. The molecule has 3 fully saturated rings. The van der Waals surface area contributed by atoms with Crippen LogP contribution in [-0.2, 0) is 42.1 Å². The molecule has 2 aromatic rings. The van der Waals surface area contributed by atoms with Gasteiger partial charge in [-0.05, 0) is 59.1 Å². The maximum Gasteiger partial charge on any atom is 0.370 e. The van der Waals surface area contributed by atoms with Crippen molar-refractivity contribution in [1.82, 2.24) is 19.5 Å². The molecule has 0 spiro atoms. The smallest absolute Gasteiger partial charge is 0.370 e. The van der Waals surface area contributed by atoms with Gasteiger partial charge in [0.2, 0.25) is 5.28 Å². The average Bonchev–Trinajstić information content (AvgIpc) is 3.38. The zero-order chi connectivity index (χ0) is 28.7. The highest BCUT2D eigenvalue weighted by Crippen LogP contribution is 2.54. The number of aromatic nitrogens is 4. The molecule has 16 heteroatoms. The number of fused-ring (bicyclic) bond motifs is 2. The van der Waals surface area contributed by atoms with Gasteiger partial charge in [-0.2, -0.15) is 9.97 Å². The Morgan fingerprint density at radius 3 is 2.52 bits per heavy atom. The number of nitrogens with zero attached hydrogens (tertiary/aromatic N) is 4. The van der Waals surface area contributed by atoms with Crippen LogP contribution in [0.1, 0.15) is 53.7 Å². The molecule has 1 saturated carbocycles. The summed E-state index contributed by atoms with van der Waals surface area (Å²) in [6.07, 6.45) is 1.05. The van der Waals surface area contributed by atoms with Crippen molar-refractivity contribution in [3.8, 4) is 0 Å². The Balaban J connectivity index is 1.42. The van der Waals surface area contributed by atoms with Crippen molar-refractivity contribution in [3.05, 3.63) is 11.6 Å². The molecule has 222 valence electrons. The first-order valence-corrected chi connectivity index (χ1v) is 15.4. The van der Waals surface area contributed by atoms with E-state index in [9.17, 15) is 9.36 Å². The number of carbonyl (C=O) groups excluding carboxylic acids is 1. The SMILES string of the molecule is CCOC(=O)C(OC[C@H]1OC(n2cnc3c(NC4CC4)nc(Cl)nc32)[C@@H]2OC(C)(C)O[C@H]12)P(=O)(OCC)OCC. The predicted molar refractivity (Wildman–Crippen MR) is 142 cm³/mol. The van der Waals surface area contributed by atoms with E-state index in [1.54, 1.807) is 45.5 Å². The third-order valence-electron chi connectivity index (χ3n) is 6.52. The molecule has 1 N–H and O–H groups in total. The fraction of sp³-hybridized carbons (Fsp3) is 0.750. The average molecular weight is 604 g/mol. The molecular weight excluding hydrogens is 569 g/mol. The highest BCUT2D eigenvalue weighted by Gasteiger charge is 2.57.